The van der Waals surface area contributed by atoms with Crippen molar-refractivity contribution in [2.24, 2.45) is 11.5 Å². The Bertz CT molecular complexity index is 597. The number of para-hydroxylation sites is 1. The Labute approximate surface area is 111 Å². The molecule has 1 aromatic heterocycles. The molecule has 0 aliphatic rings. The molecule has 1 amide bonds. The highest BCUT2D eigenvalue weighted by atomic mass is 16.5. The molecule has 0 fully saturated rings. The molecule has 1 atom stereocenters. The highest BCUT2D eigenvalue weighted by Gasteiger charge is 2.13. The normalized spacial score (nSPS) is 11.9. The zero-order valence-corrected chi connectivity index (χ0v) is 10.5. The minimum absolute atomic E-state index is 0.218. The summed E-state index contributed by atoms with van der Waals surface area (Å²) in [6.07, 6.45) is 1.61. The zero-order chi connectivity index (χ0) is 13.8. The summed E-state index contributed by atoms with van der Waals surface area (Å²) < 4.78 is 5.67. The first kappa shape index (κ1) is 13.0. The molecule has 5 nitrogen and oxygen atoms in total. The monoisotopic (exact) mass is 257 g/mol. The number of benzene rings is 1. The van der Waals surface area contributed by atoms with Gasteiger partial charge in [0.25, 0.3) is 5.91 Å². The van der Waals surface area contributed by atoms with Crippen LogP contribution in [0, 0.1) is 0 Å². The van der Waals surface area contributed by atoms with Crippen LogP contribution in [0.15, 0.2) is 42.6 Å². The SMILES string of the molecule is CC(N)c1cccnc1Oc1ccccc1C(N)=O. The Balaban J connectivity index is 2.39. The third-order valence-electron chi connectivity index (χ3n) is 2.65. The Morgan fingerprint density at radius 1 is 1.26 bits per heavy atom. The van der Waals surface area contributed by atoms with Crippen molar-refractivity contribution in [2.75, 3.05) is 0 Å². The first-order valence-corrected chi connectivity index (χ1v) is 5.86. The molecule has 1 unspecified atom stereocenters. The molecule has 0 aliphatic heterocycles. The lowest BCUT2D eigenvalue weighted by Gasteiger charge is -2.13. The molecule has 98 valence electrons. The second-order valence-electron chi connectivity index (χ2n) is 4.15. The van der Waals surface area contributed by atoms with Crippen molar-refractivity contribution in [1.82, 2.24) is 4.98 Å². The predicted octanol–water partition coefficient (Wildman–Crippen LogP) is 1.99. The van der Waals surface area contributed by atoms with E-state index in [0.717, 1.165) is 5.56 Å². The molecule has 0 radical (unpaired) electrons. The van der Waals surface area contributed by atoms with Crippen molar-refractivity contribution in [1.29, 1.82) is 0 Å². The van der Waals surface area contributed by atoms with Crippen LogP contribution in [0.2, 0.25) is 0 Å². The summed E-state index contributed by atoms with van der Waals surface area (Å²) in [5, 5.41) is 0. The van der Waals surface area contributed by atoms with E-state index in [9.17, 15) is 4.79 Å². The predicted molar refractivity (Wildman–Crippen MR) is 71.9 cm³/mol. The van der Waals surface area contributed by atoms with Crippen LogP contribution in [0.5, 0.6) is 11.6 Å². The molecule has 2 aromatic rings. The van der Waals surface area contributed by atoms with E-state index in [1.165, 1.54) is 0 Å². The molecule has 19 heavy (non-hydrogen) atoms. The summed E-state index contributed by atoms with van der Waals surface area (Å²) in [4.78, 5) is 15.5. The fourth-order valence-electron chi connectivity index (χ4n) is 1.70. The lowest BCUT2D eigenvalue weighted by Crippen LogP contribution is -2.13. The quantitative estimate of drug-likeness (QED) is 0.876. The average molecular weight is 257 g/mol. The summed E-state index contributed by atoms with van der Waals surface area (Å²) in [6, 6.07) is 10.1. The molecule has 0 saturated heterocycles. The van der Waals surface area contributed by atoms with Crippen LogP contribution in [0.1, 0.15) is 28.9 Å². The molecule has 0 bridgehead atoms. The molecule has 0 saturated carbocycles. The molecule has 0 spiro atoms. The highest BCUT2D eigenvalue weighted by molar-refractivity contribution is 5.95. The van der Waals surface area contributed by atoms with Gasteiger partial charge in [-0.15, -0.1) is 0 Å². The average Bonchev–Trinajstić information content (AvgIpc) is 2.39. The van der Waals surface area contributed by atoms with Gasteiger partial charge < -0.3 is 16.2 Å². The number of pyridine rings is 1. The number of hydrogen-bond acceptors (Lipinski definition) is 4. The summed E-state index contributed by atoms with van der Waals surface area (Å²) >= 11 is 0. The summed E-state index contributed by atoms with van der Waals surface area (Å²) in [7, 11) is 0. The van der Waals surface area contributed by atoms with Crippen molar-refractivity contribution < 1.29 is 9.53 Å². The number of aromatic nitrogens is 1. The van der Waals surface area contributed by atoms with Crippen molar-refractivity contribution in [3.63, 3.8) is 0 Å². The molecule has 0 aliphatic carbocycles. The highest BCUT2D eigenvalue weighted by Crippen LogP contribution is 2.28. The van der Waals surface area contributed by atoms with E-state index in [4.69, 9.17) is 16.2 Å². The lowest BCUT2D eigenvalue weighted by atomic mass is 10.1. The number of rotatable bonds is 4. The number of ether oxygens (including phenoxy) is 1. The molecule has 2 rings (SSSR count). The fraction of sp³-hybridized carbons (Fsp3) is 0.143. The van der Waals surface area contributed by atoms with E-state index in [1.807, 2.05) is 13.0 Å². The second-order valence-corrected chi connectivity index (χ2v) is 4.15. The minimum atomic E-state index is -0.547. The standard InChI is InChI=1S/C14H15N3O2/c1-9(15)10-6-4-8-17-14(10)19-12-7-3-2-5-11(12)13(16)18/h2-9H,15H2,1H3,(H2,16,18). The largest absolute Gasteiger partial charge is 0.438 e. The molecule has 1 aromatic carbocycles. The number of carbonyl (C=O) groups is 1. The van der Waals surface area contributed by atoms with Gasteiger partial charge in [0.15, 0.2) is 0 Å². The molecule has 1 heterocycles. The molecular weight excluding hydrogens is 242 g/mol. The van der Waals surface area contributed by atoms with Gasteiger partial charge in [-0.3, -0.25) is 4.79 Å². The number of hydrogen-bond donors (Lipinski definition) is 2. The first-order valence-electron chi connectivity index (χ1n) is 5.86. The first-order chi connectivity index (χ1) is 9.09. The molecule has 5 heteroatoms. The Kier molecular flexibility index (Phi) is 3.77. The van der Waals surface area contributed by atoms with Gasteiger partial charge in [-0.1, -0.05) is 18.2 Å². The van der Waals surface area contributed by atoms with E-state index in [1.54, 1.807) is 36.5 Å². The summed E-state index contributed by atoms with van der Waals surface area (Å²) in [6.45, 7) is 1.84. The maximum atomic E-state index is 11.3. The minimum Gasteiger partial charge on any atom is -0.438 e. The Morgan fingerprint density at radius 2 is 2.00 bits per heavy atom. The second kappa shape index (κ2) is 5.49. The van der Waals surface area contributed by atoms with Gasteiger partial charge >= 0.3 is 0 Å². The van der Waals surface area contributed by atoms with E-state index in [0.29, 0.717) is 17.2 Å². The van der Waals surface area contributed by atoms with E-state index in [-0.39, 0.29) is 6.04 Å². The smallest absolute Gasteiger partial charge is 0.252 e. The third kappa shape index (κ3) is 2.89. The van der Waals surface area contributed by atoms with Crippen molar-refractivity contribution in [2.45, 2.75) is 13.0 Å². The van der Waals surface area contributed by atoms with Gasteiger partial charge in [-0.25, -0.2) is 4.98 Å². The topological polar surface area (TPSA) is 91.2 Å². The van der Waals surface area contributed by atoms with E-state index >= 15 is 0 Å². The van der Waals surface area contributed by atoms with Gasteiger partial charge in [-0.2, -0.15) is 0 Å². The van der Waals surface area contributed by atoms with Crippen LogP contribution in [0.25, 0.3) is 0 Å². The van der Waals surface area contributed by atoms with Crippen LogP contribution in [-0.4, -0.2) is 10.9 Å². The number of amides is 1. The Hall–Kier alpha value is -2.40. The van der Waals surface area contributed by atoms with Gasteiger partial charge in [0.1, 0.15) is 5.75 Å². The van der Waals surface area contributed by atoms with Crippen LogP contribution in [-0.2, 0) is 0 Å². The van der Waals surface area contributed by atoms with Gasteiger partial charge in [-0.05, 0) is 25.1 Å². The fourth-order valence-corrected chi connectivity index (χ4v) is 1.70. The summed E-state index contributed by atoms with van der Waals surface area (Å²) in [5.41, 5.74) is 12.2. The van der Waals surface area contributed by atoms with E-state index < -0.39 is 5.91 Å². The van der Waals surface area contributed by atoms with Crippen molar-refractivity contribution in [3.05, 3.63) is 53.7 Å². The maximum Gasteiger partial charge on any atom is 0.252 e. The van der Waals surface area contributed by atoms with Crippen LogP contribution >= 0.6 is 0 Å². The Morgan fingerprint density at radius 3 is 2.68 bits per heavy atom. The number of nitrogens with two attached hydrogens (primary N) is 2. The summed E-state index contributed by atoms with van der Waals surface area (Å²) in [5.74, 6) is 0.204. The number of primary amides is 1. The van der Waals surface area contributed by atoms with Crippen molar-refractivity contribution >= 4 is 5.91 Å². The number of carbonyl (C=O) groups excluding carboxylic acids is 1. The zero-order valence-electron chi connectivity index (χ0n) is 10.5. The van der Waals surface area contributed by atoms with Gasteiger partial charge in [0.2, 0.25) is 5.88 Å². The third-order valence-corrected chi connectivity index (χ3v) is 2.65. The van der Waals surface area contributed by atoms with Gasteiger partial charge in [0.05, 0.1) is 5.56 Å². The van der Waals surface area contributed by atoms with Crippen LogP contribution < -0.4 is 16.2 Å². The van der Waals surface area contributed by atoms with E-state index in [2.05, 4.69) is 4.98 Å². The van der Waals surface area contributed by atoms with Crippen LogP contribution in [0.4, 0.5) is 0 Å². The number of nitrogens with zero attached hydrogens (tertiary/aromatic N) is 1. The molecule has 4 N–H and O–H groups in total. The lowest BCUT2D eigenvalue weighted by molar-refractivity contribution is 0.0998. The maximum absolute atomic E-state index is 11.3. The molecular formula is C14H15N3O2. The van der Waals surface area contributed by atoms with Crippen molar-refractivity contribution in [3.8, 4) is 11.6 Å². The van der Waals surface area contributed by atoms with Gasteiger partial charge in [0, 0.05) is 17.8 Å². The van der Waals surface area contributed by atoms with Crippen LogP contribution in [0.3, 0.4) is 0 Å².